The summed E-state index contributed by atoms with van der Waals surface area (Å²) in [5, 5.41) is 6.68. The van der Waals surface area contributed by atoms with Gasteiger partial charge in [-0.15, -0.1) is 0 Å². The van der Waals surface area contributed by atoms with Gasteiger partial charge < -0.3 is 13.4 Å². The second-order valence-electron chi connectivity index (χ2n) is 16.0. The molecule has 294 valence electrons. The van der Waals surface area contributed by atoms with E-state index in [-0.39, 0.29) is 0 Å². The second-order valence-corrected chi connectivity index (χ2v) is 16.0. The summed E-state index contributed by atoms with van der Waals surface area (Å²) in [7, 11) is 0. The van der Waals surface area contributed by atoms with E-state index in [9.17, 15) is 0 Å². The first-order chi connectivity index (χ1) is 31.2. The first-order valence-corrected chi connectivity index (χ1v) is 21.1. The van der Waals surface area contributed by atoms with Crippen LogP contribution < -0.4 is 0 Å². The maximum Gasteiger partial charge on any atom is 0.164 e. The zero-order chi connectivity index (χ0) is 41.4. The first kappa shape index (κ1) is 35.2. The molecular weight excluding hydrogens is 773 g/mol. The number of hydrogen-bond acceptors (Lipinski definition) is 5. The van der Waals surface area contributed by atoms with E-state index in [2.05, 4.69) is 144 Å². The Balaban J connectivity index is 0.869. The van der Waals surface area contributed by atoms with E-state index >= 15 is 0 Å². The molecule has 0 amide bonds. The van der Waals surface area contributed by atoms with Gasteiger partial charge in [-0.05, 0) is 89.0 Å². The molecule has 0 saturated heterocycles. The fraction of sp³-hybridized carbons (Fsp3) is 0. The van der Waals surface area contributed by atoms with Crippen LogP contribution in [0.1, 0.15) is 0 Å². The number of para-hydroxylation sites is 1. The number of rotatable bonds is 6. The molecule has 0 spiro atoms. The molecule has 9 aromatic carbocycles. The van der Waals surface area contributed by atoms with Crippen molar-refractivity contribution in [2.75, 3.05) is 0 Å². The molecule has 0 bridgehead atoms. The molecule has 4 aromatic heterocycles. The van der Waals surface area contributed by atoms with Crippen molar-refractivity contribution in [3.63, 3.8) is 0 Å². The Morgan fingerprint density at radius 3 is 1.33 bits per heavy atom. The Morgan fingerprint density at radius 2 is 0.714 bits per heavy atom. The molecule has 0 N–H and O–H groups in total. The first-order valence-electron chi connectivity index (χ1n) is 21.1. The molecule has 0 radical (unpaired) electrons. The van der Waals surface area contributed by atoms with Crippen LogP contribution in [0.3, 0.4) is 0 Å². The summed E-state index contributed by atoms with van der Waals surface area (Å²) in [5.41, 5.74) is 13.9. The van der Waals surface area contributed by atoms with Gasteiger partial charge in [0.1, 0.15) is 22.3 Å². The van der Waals surface area contributed by atoms with Crippen molar-refractivity contribution in [3.8, 4) is 62.1 Å². The monoisotopic (exact) mass is 806 g/mol. The van der Waals surface area contributed by atoms with Crippen LogP contribution in [0.15, 0.2) is 215 Å². The third-order valence-electron chi connectivity index (χ3n) is 12.3. The Morgan fingerprint density at radius 1 is 0.270 bits per heavy atom. The highest BCUT2D eigenvalue weighted by atomic mass is 16.3. The van der Waals surface area contributed by atoms with Crippen LogP contribution >= 0.6 is 0 Å². The van der Waals surface area contributed by atoms with E-state index in [1.165, 1.54) is 32.9 Å². The van der Waals surface area contributed by atoms with Crippen molar-refractivity contribution < 1.29 is 8.83 Å². The molecule has 0 unspecified atom stereocenters. The molecule has 0 fully saturated rings. The van der Waals surface area contributed by atoms with E-state index in [0.717, 1.165) is 77.4 Å². The van der Waals surface area contributed by atoms with Crippen LogP contribution in [0.5, 0.6) is 0 Å². The lowest BCUT2D eigenvalue weighted by Gasteiger charge is -2.09. The van der Waals surface area contributed by atoms with E-state index in [0.29, 0.717) is 17.5 Å². The fourth-order valence-electron chi connectivity index (χ4n) is 9.18. The van der Waals surface area contributed by atoms with Gasteiger partial charge in [0.15, 0.2) is 17.5 Å². The van der Waals surface area contributed by atoms with Gasteiger partial charge in [0.2, 0.25) is 0 Å². The number of furan rings is 2. The zero-order valence-corrected chi connectivity index (χ0v) is 33.7. The van der Waals surface area contributed by atoms with Crippen LogP contribution in [-0.4, -0.2) is 19.5 Å². The van der Waals surface area contributed by atoms with Gasteiger partial charge in [-0.2, -0.15) is 0 Å². The van der Waals surface area contributed by atoms with Gasteiger partial charge in [0.25, 0.3) is 0 Å². The number of nitrogens with zero attached hydrogens (tertiary/aromatic N) is 4. The SMILES string of the molecule is c1ccc(-c2ccc3c4ccccc4n(-c4ccc5oc6cc(-c7ccc8c(c7)oc7cc(-c9nc(-c%10ccccc%10)nc(-c%10ccccc%10)n9)ccc78)ccc6c5c4)c3c2)cc1. The minimum absolute atomic E-state index is 0.587. The van der Waals surface area contributed by atoms with Crippen LogP contribution in [0.4, 0.5) is 0 Å². The molecule has 4 heterocycles. The molecule has 0 saturated carbocycles. The molecule has 0 aliphatic heterocycles. The Bertz CT molecular complexity index is 3850. The maximum absolute atomic E-state index is 6.59. The van der Waals surface area contributed by atoms with Gasteiger partial charge in [0, 0.05) is 54.7 Å². The van der Waals surface area contributed by atoms with E-state index in [1.54, 1.807) is 0 Å². The van der Waals surface area contributed by atoms with Crippen LogP contribution in [-0.2, 0) is 0 Å². The lowest BCUT2D eigenvalue weighted by molar-refractivity contribution is 0.668. The van der Waals surface area contributed by atoms with Crippen molar-refractivity contribution >= 4 is 65.7 Å². The quantitative estimate of drug-likeness (QED) is 0.167. The van der Waals surface area contributed by atoms with Gasteiger partial charge >= 0.3 is 0 Å². The molecular formula is C57H34N4O2. The summed E-state index contributed by atoms with van der Waals surface area (Å²) in [6, 6.07) is 71.7. The van der Waals surface area contributed by atoms with Crippen LogP contribution in [0.25, 0.3) is 128 Å². The Hall–Kier alpha value is -8.61. The van der Waals surface area contributed by atoms with Crippen LogP contribution in [0, 0.1) is 0 Å². The molecule has 13 rings (SSSR count). The van der Waals surface area contributed by atoms with Gasteiger partial charge in [-0.25, -0.2) is 15.0 Å². The number of aromatic nitrogens is 4. The number of hydrogen-bond donors (Lipinski definition) is 0. The normalized spacial score (nSPS) is 11.8. The maximum atomic E-state index is 6.59. The molecule has 6 nitrogen and oxygen atoms in total. The predicted octanol–water partition coefficient (Wildman–Crippen LogP) is 15.1. The van der Waals surface area contributed by atoms with Gasteiger partial charge in [0.05, 0.1) is 11.0 Å². The van der Waals surface area contributed by atoms with E-state index in [4.69, 9.17) is 23.8 Å². The third kappa shape index (κ3) is 5.84. The average Bonchev–Trinajstić information content (AvgIpc) is 4.02. The summed E-state index contributed by atoms with van der Waals surface area (Å²) in [6.07, 6.45) is 0. The summed E-state index contributed by atoms with van der Waals surface area (Å²) in [5.74, 6) is 1.83. The molecule has 13 aromatic rings. The standard InChI is InChI=1S/C57H34N4O2/c1-4-12-35(13-5-1)38-20-25-44-43-18-10-11-19-49(43)61(50(44)30-38)42-24-29-51-48(34-42)47-27-22-40(32-53(47)62-51)39-21-26-45-46-28-23-41(33-54(46)63-52(45)31-39)57-59-55(36-14-6-2-7-15-36)58-56(60-57)37-16-8-3-9-17-37/h1-34H. The van der Waals surface area contributed by atoms with Crippen molar-refractivity contribution in [1.82, 2.24) is 19.5 Å². The number of fused-ring (bicyclic) bond motifs is 9. The van der Waals surface area contributed by atoms with Crippen molar-refractivity contribution in [1.29, 1.82) is 0 Å². The van der Waals surface area contributed by atoms with Crippen molar-refractivity contribution in [2.45, 2.75) is 0 Å². The van der Waals surface area contributed by atoms with E-state index in [1.807, 2.05) is 66.7 Å². The molecule has 6 heteroatoms. The average molecular weight is 807 g/mol. The highest BCUT2D eigenvalue weighted by molar-refractivity contribution is 6.12. The summed E-state index contributed by atoms with van der Waals surface area (Å²) in [6.45, 7) is 0. The molecule has 0 aliphatic rings. The van der Waals surface area contributed by atoms with Crippen LogP contribution in [0.2, 0.25) is 0 Å². The van der Waals surface area contributed by atoms with Crippen molar-refractivity contribution in [2.24, 2.45) is 0 Å². The van der Waals surface area contributed by atoms with Crippen molar-refractivity contribution in [3.05, 3.63) is 206 Å². The minimum atomic E-state index is 0.587. The number of benzene rings is 9. The topological polar surface area (TPSA) is 69.9 Å². The minimum Gasteiger partial charge on any atom is -0.456 e. The largest absolute Gasteiger partial charge is 0.456 e. The molecule has 0 aliphatic carbocycles. The Kier molecular flexibility index (Phi) is 7.80. The second kappa shape index (κ2) is 14.0. The smallest absolute Gasteiger partial charge is 0.164 e. The molecule has 0 atom stereocenters. The fourth-order valence-corrected chi connectivity index (χ4v) is 9.18. The third-order valence-corrected chi connectivity index (χ3v) is 12.3. The molecule has 63 heavy (non-hydrogen) atoms. The Labute approximate surface area is 361 Å². The van der Waals surface area contributed by atoms with E-state index < -0.39 is 0 Å². The predicted molar refractivity (Wildman–Crippen MR) is 256 cm³/mol. The highest BCUT2D eigenvalue weighted by Crippen LogP contribution is 2.40. The summed E-state index contributed by atoms with van der Waals surface area (Å²) in [4.78, 5) is 14.7. The highest BCUT2D eigenvalue weighted by Gasteiger charge is 2.18. The van der Waals surface area contributed by atoms with Gasteiger partial charge in [-0.3, -0.25) is 0 Å². The summed E-state index contributed by atoms with van der Waals surface area (Å²) >= 11 is 0. The zero-order valence-electron chi connectivity index (χ0n) is 33.7. The lowest BCUT2D eigenvalue weighted by atomic mass is 10.0. The van der Waals surface area contributed by atoms with Gasteiger partial charge in [-0.1, -0.05) is 140 Å². The lowest BCUT2D eigenvalue weighted by Crippen LogP contribution is -2.00. The summed E-state index contributed by atoms with van der Waals surface area (Å²) < 4.78 is 15.5.